The number of ether oxygens (including phenoxy) is 1. The van der Waals surface area contributed by atoms with Gasteiger partial charge in [0, 0.05) is 13.1 Å². The van der Waals surface area contributed by atoms with E-state index in [1.54, 1.807) is 13.8 Å². The molecule has 0 bridgehead atoms. The van der Waals surface area contributed by atoms with E-state index >= 15 is 0 Å². The number of nitrogens with zero attached hydrogens (tertiary/aromatic N) is 2. The van der Waals surface area contributed by atoms with Gasteiger partial charge in [-0.3, -0.25) is 14.6 Å². The molecule has 9 heteroatoms. The number of rotatable bonds is 4. The summed E-state index contributed by atoms with van der Waals surface area (Å²) in [7, 11) is 1.26. The maximum Gasteiger partial charge on any atom is 0.340 e. The topological polar surface area (TPSA) is 138 Å². The SMILES string of the molecule is CC(=O)O.COC(=O)c1cc(C(C)O)cnc1C1=NC(C)(C(C)C)C(=O)N1. The quantitative estimate of drug-likeness (QED) is 0.670. The van der Waals surface area contributed by atoms with E-state index in [2.05, 4.69) is 15.3 Å². The van der Waals surface area contributed by atoms with Crippen molar-refractivity contribution >= 4 is 23.7 Å². The number of esters is 1. The van der Waals surface area contributed by atoms with E-state index < -0.39 is 23.6 Å². The second-order valence-electron chi connectivity index (χ2n) is 6.57. The summed E-state index contributed by atoms with van der Waals surface area (Å²) in [4.78, 5) is 41.9. The fraction of sp³-hybridized carbons (Fsp3) is 0.500. The van der Waals surface area contributed by atoms with Gasteiger partial charge in [0.25, 0.3) is 11.9 Å². The summed E-state index contributed by atoms with van der Waals surface area (Å²) < 4.78 is 4.77. The van der Waals surface area contributed by atoms with Crippen LogP contribution in [0.2, 0.25) is 0 Å². The molecule has 0 aromatic carbocycles. The fourth-order valence-corrected chi connectivity index (χ4v) is 2.21. The average Bonchev–Trinajstić information content (AvgIpc) is 2.89. The molecule has 0 aliphatic carbocycles. The van der Waals surface area contributed by atoms with Gasteiger partial charge in [-0.25, -0.2) is 9.79 Å². The van der Waals surface area contributed by atoms with Crippen LogP contribution in [0.3, 0.4) is 0 Å². The number of aliphatic imine (C=N–C) groups is 1. The molecule has 1 aliphatic heterocycles. The van der Waals surface area contributed by atoms with Crippen molar-refractivity contribution in [3.05, 3.63) is 29.1 Å². The molecule has 1 aromatic rings. The largest absolute Gasteiger partial charge is 0.481 e. The summed E-state index contributed by atoms with van der Waals surface area (Å²) in [5, 5.41) is 19.8. The van der Waals surface area contributed by atoms with Crippen molar-refractivity contribution in [3.8, 4) is 0 Å². The van der Waals surface area contributed by atoms with Gasteiger partial charge < -0.3 is 20.3 Å². The molecule has 1 aliphatic rings. The van der Waals surface area contributed by atoms with E-state index in [9.17, 15) is 14.7 Å². The average molecular weight is 379 g/mol. The number of aromatic nitrogens is 1. The Morgan fingerprint density at radius 2 is 1.85 bits per heavy atom. The maximum atomic E-state index is 12.2. The number of aliphatic hydroxyl groups is 1. The number of hydrogen-bond acceptors (Lipinski definition) is 7. The van der Waals surface area contributed by atoms with Crippen molar-refractivity contribution in [2.24, 2.45) is 10.9 Å². The van der Waals surface area contributed by atoms with Gasteiger partial charge in [-0.2, -0.15) is 0 Å². The molecule has 0 saturated carbocycles. The minimum Gasteiger partial charge on any atom is -0.481 e. The predicted molar refractivity (Wildman–Crippen MR) is 97.4 cm³/mol. The Labute approximate surface area is 157 Å². The molecule has 1 aromatic heterocycles. The number of aliphatic hydroxyl groups excluding tert-OH is 1. The van der Waals surface area contributed by atoms with Crippen molar-refractivity contribution < 1.29 is 29.3 Å². The Morgan fingerprint density at radius 1 is 1.30 bits per heavy atom. The van der Waals surface area contributed by atoms with E-state index in [0.717, 1.165) is 6.92 Å². The highest BCUT2D eigenvalue weighted by Crippen LogP contribution is 2.27. The molecule has 0 radical (unpaired) electrons. The van der Waals surface area contributed by atoms with Crippen LogP contribution in [-0.2, 0) is 14.3 Å². The van der Waals surface area contributed by atoms with Crippen LogP contribution in [0.25, 0.3) is 0 Å². The van der Waals surface area contributed by atoms with Gasteiger partial charge >= 0.3 is 5.97 Å². The minimum atomic E-state index is -0.909. The Bertz CT molecular complexity index is 768. The van der Waals surface area contributed by atoms with Crippen LogP contribution in [0.1, 0.15) is 62.3 Å². The predicted octanol–water partition coefficient (Wildman–Crippen LogP) is 1.30. The highest BCUT2D eigenvalue weighted by molar-refractivity contribution is 6.17. The summed E-state index contributed by atoms with van der Waals surface area (Å²) >= 11 is 0. The van der Waals surface area contributed by atoms with Gasteiger partial charge in [0.1, 0.15) is 11.2 Å². The van der Waals surface area contributed by atoms with Gasteiger partial charge in [-0.15, -0.1) is 0 Å². The number of aliphatic carboxylic acids is 1. The number of pyridine rings is 1. The molecule has 2 heterocycles. The minimum absolute atomic E-state index is 0.0155. The molecule has 1 amide bonds. The van der Waals surface area contributed by atoms with Crippen LogP contribution in [0.4, 0.5) is 0 Å². The smallest absolute Gasteiger partial charge is 0.340 e. The number of amides is 1. The summed E-state index contributed by atoms with van der Waals surface area (Å²) in [6, 6.07) is 1.50. The lowest BCUT2D eigenvalue weighted by Crippen LogP contribution is -2.41. The monoisotopic (exact) mass is 379 g/mol. The van der Waals surface area contributed by atoms with Crippen LogP contribution in [0.5, 0.6) is 0 Å². The van der Waals surface area contributed by atoms with Crippen LogP contribution < -0.4 is 5.32 Å². The Kier molecular flexibility index (Phi) is 7.18. The van der Waals surface area contributed by atoms with Crippen molar-refractivity contribution in [2.75, 3.05) is 7.11 Å². The molecule has 3 N–H and O–H groups in total. The van der Waals surface area contributed by atoms with Gasteiger partial charge in [-0.1, -0.05) is 13.8 Å². The van der Waals surface area contributed by atoms with Gasteiger partial charge in [0.2, 0.25) is 0 Å². The molecule has 9 nitrogen and oxygen atoms in total. The zero-order valence-electron chi connectivity index (χ0n) is 16.2. The third-order valence-electron chi connectivity index (χ3n) is 4.18. The first-order valence-corrected chi connectivity index (χ1v) is 8.31. The highest BCUT2D eigenvalue weighted by atomic mass is 16.5. The van der Waals surface area contributed by atoms with E-state index in [1.165, 1.54) is 19.4 Å². The Hall–Kier alpha value is -2.81. The van der Waals surface area contributed by atoms with Crippen LogP contribution in [-0.4, -0.2) is 51.5 Å². The van der Waals surface area contributed by atoms with E-state index in [1.807, 2.05) is 13.8 Å². The lowest BCUT2D eigenvalue weighted by molar-refractivity contribution is -0.134. The molecular weight excluding hydrogens is 354 g/mol. The first-order valence-electron chi connectivity index (χ1n) is 8.31. The van der Waals surface area contributed by atoms with Crippen molar-refractivity contribution in [2.45, 2.75) is 46.3 Å². The molecular formula is C18H25N3O6. The second-order valence-corrected chi connectivity index (χ2v) is 6.57. The first-order chi connectivity index (χ1) is 12.4. The van der Waals surface area contributed by atoms with Crippen LogP contribution >= 0.6 is 0 Å². The number of nitrogens with one attached hydrogen (secondary N) is 1. The Balaban J connectivity index is 0.000000828. The molecule has 0 fully saturated rings. The number of carboxylic acid groups (broad SMARTS) is 1. The number of amidine groups is 1. The fourth-order valence-electron chi connectivity index (χ4n) is 2.21. The van der Waals surface area contributed by atoms with Crippen molar-refractivity contribution in [1.29, 1.82) is 0 Å². The zero-order valence-corrected chi connectivity index (χ0v) is 16.2. The molecule has 2 unspecified atom stereocenters. The summed E-state index contributed by atoms with van der Waals surface area (Å²) in [5.41, 5.74) is -0.0458. The number of methoxy groups -OCH3 is 1. The van der Waals surface area contributed by atoms with Crippen LogP contribution in [0.15, 0.2) is 17.3 Å². The molecule has 27 heavy (non-hydrogen) atoms. The van der Waals surface area contributed by atoms with E-state index in [0.29, 0.717) is 5.56 Å². The van der Waals surface area contributed by atoms with E-state index in [-0.39, 0.29) is 28.9 Å². The summed E-state index contributed by atoms with van der Waals surface area (Å²) in [6.07, 6.45) is 0.674. The normalized spacial score (nSPS) is 19.6. The number of carboxylic acids is 1. The second kappa shape index (κ2) is 8.72. The number of hydrogen-bond donors (Lipinski definition) is 3. The Morgan fingerprint density at radius 3 is 2.26 bits per heavy atom. The molecule has 0 saturated heterocycles. The molecule has 148 valence electrons. The van der Waals surface area contributed by atoms with Gasteiger partial charge in [0.15, 0.2) is 5.84 Å². The molecule has 2 atom stereocenters. The maximum absolute atomic E-state index is 12.2. The van der Waals surface area contributed by atoms with Crippen molar-refractivity contribution in [3.63, 3.8) is 0 Å². The third-order valence-corrected chi connectivity index (χ3v) is 4.18. The van der Waals surface area contributed by atoms with Crippen molar-refractivity contribution in [1.82, 2.24) is 10.3 Å². The number of carbonyl (C=O) groups is 3. The van der Waals surface area contributed by atoms with Crippen LogP contribution in [0, 0.1) is 5.92 Å². The number of carbonyl (C=O) groups excluding carboxylic acids is 2. The highest BCUT2D eigenvalue weighted by Gasteiger charge is 2.43. The summed E-state index contributed by atoms with van der Waals surface area (Å²) in [5.74, 6) is -1.45. The van der Waals surface area contributed by atoms with Gasteiger partial charge in [-0.05, 0) is 31.4 Å². The first kappa shape index (κ1) is 22.2. The lowest BCUT2D eigenvalue weighted by atomic mass is 9.89. The molecule has 0 spiro atoms. The molecule has 2 rings (SSSR count). The standard InChI is InChI=1S/C16H21N3O4.C2H4O2/c1-8(2)16(4)15(22)18-13(19-16)12-11(14(21)23-5)6-10(7-17-12)9(3)20;1-2(3)4/h6-9,20H,1-5H3,(H,18,19,22);1H3,(H,3,4). The third kappa shape index (κ3) is 5.10. The zero-order chi connectivity index (χ0) is 20.9. The van der Waals surface area contributed by atoms with E-state index in [4.69, 9.17) is 14.6 Å². The summed E-state index contributed by atoms with van der Waals surface area (Å²) in [6.45, 7) is 8.19. The van der Waals surface area contributed by atoms with Gasteiger partial charge in [0.05, 0.1) is 18.8 Å². The lowest BCUT2D eigenvalue weighted by Gasteiger charge is -2.21.